The lowest BCUT2D eigenvalue weighted by atomic mass is 10.2. The van der Waals surface area contributed by atoms with Crippen LogP contribution < -0.4 is 10.6 Å². The number of nitrogens with one attached hydrogen (secondary N) is 2. The quantitative estimate of drug-likeness (QED) is 0.427. The molecule has 0 aliphatic carbocycles. The largest absolute Gasteiger partial charge is 0.450 e. The van der Waals surface area contributed by atoms with Crippen LogP contribution in [0.2, 0.25) is 0 Å². The number of carbonyl (C=O) groups is 2. The Kier molecular flexibility index (Phi) is 8.85. The van der Waals surface area contributed by atoms with E-state index in [1.165, 1.54) is 5.56 Å². The van der Waals surface area contributed by atoms with Gasteiger partial charge >= 0.3 is 6.09 Å². The third kappa shape index (κ3) is 6.56. The molecule has 4 rings (SSSR count). The Bertz CT molecular complexity index is 1330. The Morgan fingerprint density at radius 3 is 2.33 bits per heavy atom. The number of thiocarbonyl (C=S) groups is 1. The third-order valence-electron chi connectivity index (χ3n) is 6.83. The zero-order chi connectivity index (χ0) is 28.1. The highest BCUT2D eigenvalue weighted by atomic mass is 32.1. The van der Waals surface area contributed by atoms with Crippen LogP contribution in [0.15, 0.2) is 36.5 Å². The number of rotatable bonds is 7. The first-order chi connectivity index (χ1) is 18.7. The first kappa shape index (κ1) is 28.1. The van der Waals surface area contributed by atoms with Gasteiger partial charge in [0, 0.05) is 32.4 Å². The number of aromatic nitrogens is 4. The summed E-state index contributed by atoms with van der Waals surface area (Å²) < 4.78 is 8.66. The van der Waals surface area contributed by atoms with Gasteiger partial charge in [-0.3, -0.25) is 14.2 Å². The van der Waals surface area contributed by atoms with Gasteiger partial charge in [0.25, 0.3) is 0 Å². The number of hydrogen-bond donors (Lipinski definition) is 2. The summed E-state index contributed by atoms with van der Waals surface area (Å²) in [5.41, 5.74) is 5.30. The molecule has 1 aliphatic heterocycles. The van der Waals surface area contributed by atoms with E-state index >= 15 is 0 Å². The Morgan fingerprint density at radius 2 is 1.67 bits per heavy atom. The van der Waals surface area contributed by atoms with Gasteiger partial charge < -0.3 is 25.2 Å². The standard InChI is InChI=1S/C27H36N8O3S/c1-6-38-27(37)33-14-12-32(13-15-33)25(36)21(5)35-17-23(18(2)30-35)28-26(39)29-24-19(3)31-34(20(24)4)16-22-10-8-7-9-11-22/h7-11,17,21H,6,12-16H2,1-5H3,(H2,28,29,39). The van der Waals surface area contributed by atoms with E-state index in [1.807, 2.05) is 50.6 Å². The van der Waals surface area contributed by atoms with E-state index < -0.39 is 6.04 Å². The molecule has 2 N–H and O–H groups in total. The van der Waals surface area contributed by atoms with E-state index in [4.69, 9.17) is 17.0 Å². The Hall–Kier alpha value is -3.93. The summed E-state index contributed by atoms with van der Waals surface area (Å²) in [6.45, 7) is 12.2. The highest BCUT2D eigenvalue weighted by Gasteiger charge is 2.29. The molecule has 1 aromatic carbocycles. The van der Waals surface area contributed by atoms with Gasteiger partial charge in [-0.2, -0.15) is 10.2 Å². The van der Waals surface area contributed by atoms with Gasteiger partial charge in [-0.25, -0.2) is 4.79 Å². The number of benzene rings is 1. The highest BCUT2D eigenvalue weighted by molar-refractivity contribution is 7.80. The van der Waals surface area contributed by atoms with Gasteiger partial charge in [0.15, 0.2) is 5.11 Å². The summed E-state index contributed by atoms with van der Waals surface area (Å²) in [5, 5.41) is 16.1. The molecule has 11 nitrogen and oxygen atoms in total. The van der Waals surface area contributed by atoms with Crippen LogP contribution in [0, 0.1) is 20.8 Å². The monoisotopic (exact) mass is 552 g/mol. The average molecular weight is 553 g/mol. The van der Waals surface area contributed by atoms with Gasteiger partial charge in [-0.15, -0.1) is 0 Å². The fraction of sp³-hybridized carbons (Fsp3) is 0.444. The van der Waals surface area contributed by atoms with Gasteiger partial charge in [-0.1, -0.05) is 30.3 Å². The minimum absolute atomic E-state index is 0.0506. The van der Waals surface area contributed by atoms with Gasteiger partial charge in [0.05, 0.1) is 41.6 Å². The molecular formula is C27H36N8O3S. The lowest BCUT2D eigenvalue weighted by Crippen LogP contribution is -2.52. The van der Waals surface area contributed by atoms with E-state index in [2.05, 4.69) is 33.0 Å². The topological polar surface area (TPSA) is 110 Å². The van der Waals surface area contributed by atoms with Crippen LogP contribution in [0.1, 0.15) is 42.5 Å². The summed E-state index contributed by atoms with van der Waals surface area (Å²) in [5.74, 6) is -0.0506. The summed E-state index contributed by atoms with van der Waals surface area (Å²) in [4.78, 5) is 28.5. The number of ether oxygens (including phenoxy) is 1. The van der Waals surface area contributed by atoms with Crippen LogP contribution in [0.4, 0.5) is 16.2 Å². The van der Waals surface area contributed by atoms with Crippen molar-refractivity contribution in [3.63, 3.8) is 0 Å². The summed E-state index contributed by atoms with van der Waals surface area (Å²) in [6, 6.07) is 9.67. The number of anilines is 2. The molecule has 0 radical (unpaired) electrons. The molecule has 12 heteroatoms. The molecule has 2 amide bonds. The number of carbonyl (C=O) groups excluding carboxylic acids is 2. The average Bonchev–Trinajstić information content (AvgIpc) is 3.42. The van der Waals surface area contributed by atoms with Crippen molar-refractivity contribution >= 4 is 40.7 Å². The summed E-state index contributed by atoms with van der Waals surface area (Å²) >= 11 is 5.60. The predicted molar refractivity (Wildman–Crippen MR) is 154 cm³/mol. The summed E-state index contributed by atoms with van der Waals surface area (Å²) in [6.07, 6.45) is 1.45. The van der Waals surface area contributed by atoms with Crippen molar-refractivity contribution in [2.45, 2.75) is 47.2 Å². The van der Waals surface area contributed by atoms with Crippen LogP contribution in [0.5, 0.6) is 0 Å². The third-order valence-corrected chi connectivity index (χ3v) is 7.04. The highest BCUT2D eigenvalue weighted by Crippen LogP contribution is 2.23. The zero-order valence-corrected chi connectivity index (χ0v) is 23.9. The normalized spacial score (nSPS) is 14.2. The van der Waals surface area contributed by atoms with E-state index in [1.54, 1.807) is 27.6 Å². The van der Waals surface area contributed by atoms with Crippen LogP contribution in [-0.4, -0.2) is 79.3 Å². The second kappa shape index (κ2) is 12.3. The maximum atomic E-state index is 13.2. The molecule has 1 aliphatic rings. The molecule has 39 heavy (non-hydrogen) atoms. The molecule has 1 saturated heterocycles. The number of aryl methyl sites for hydroxylation is 2. The van der Waals surface area contributed by atoms with Crippen molar-refractivity contribution in [3.8, 4) is 0 Å². The summed E-state index contributed by atoms with van der Waals surface area (Å²) in [7, 11) is 0. The van der Waals surface area contributed by atoms with Crippen molar-refractivity contribution in [2.75, 3.05) is 43.4 Å². The van der Waals surface area contributed by atoms with E-state index in [0.29, 0.717) is 50.1 Å². The lowest BCUT2D eigenvalue weighted by molar-refractivity contribution is -0.136. The van der Waals surface area contributed by atoms with Gasteiger partial charge in [0.2, 0.25) is 5.91 Å². The maximum Gasteiger partial charge on any atom is 0.409 e. The van der Waals surface area contributed by atoms with E-state index in [9.17, 15) is 9.59 Å². The van der Waals surface area contributed by atoms with Crippen molar-refractivity contribution in [1.29, 1.82) is 0 Å². The van der Waals surface area contributed by atoms with E-state index in [0.717, 1.165) is 22.8 Å². The number of hydrogen-bond acceptors (Lipinski definition) is 6. The lowest BCUT2D eigenvalue weighted by Gasteiger charge is -2.35. The van der Waals surface area contributed by atoms with Gasteiger partial charge in [-0.05, 0) is 52.4 Å². The van der Waals surface area contributed by atoms with Gasteiger partial charge in [0.1, 0.15) is 6.04 Å². The van der Waals surface area contributed by atoms with Crippen molar-refractivity contribution < 1.29 is 14.3 Å². The van der Waals surface area contributed by atoms with Crippen molar-refractivity contribution in [1.82, 2.24) is 29.4 Å². The molecule has 3 heterocycles. The molecule has 2 aromatic heterocycles. The van der Waals surface area contributed by atoms with Crippen molar-refractivity contribution in [2.24, 2.45) is 0 Å². The molecule has 208 valence electrons. The van der Waals surface area contributed by atoms with E-state index in [-0.39, 0.29) is 12.0 Å². The van der Waals surface area contributed by atoms with Crippen LogP contribution in [0.3, 0.4) is 0 Å². The molecule has 0 bridgehead atoms. The second-order valence-electron chi connectivity index (χ2n) is 9.56. The number of nitrogens with zero attached hydrogens (tertiary/aromatic N) is 6. The number of amides is 2. The van der Waals surface area contributed by atoms with Crippen LogP contribution in [-0.2, 0) is 16.1 Å². The second-order valence-corrected chi connectivity index (χ2v) is 9.97. The zero-order valence-electron chi connectivity index (χ0n) is 23.1. The molecular weight excluding hydrogens is 516 g/mol. The molecule has 1 atom stereocenters. The molecule has 0 spiro atoms. The van der Waals surface area contributed by atoms with Crippen LogP contribution in [0.25, 0.3) is 0 Å². The number of piperazine rings is 1. The Morgan fingerprint density at radius 1 is 1.00 bits per heavy atom. The van der Waals surface area contributed by atoms with Crippen molar-refractivity contribution in [3.05, 3.63) is 59.2 Å². The maximum absolute atomic E-state index is 13.2. The smallest absolute Gasteiger partial charge is 0.409 e. The first-order valence-electron chi connectivity index (χ1n) is 13.1. The Labute approximate surface area is 234 Å². The Balaban J connectivity index is 1.36. The molecule has 0 saturated carbocycles. The SMILES string of the molecule is CCOC(=O)N1CCN(C(=O)C(C)n2cc(NC(=S)Nc3c(C)nn(Cc4ccccc4)c3C)c(C)n2)CC1. The predicted octanol–water partition coefficient (Wildman–Crippen LogP) is 3.72. The molecule has 1 unspecified atom stereocenters. The molecule has 1 fully saturated rings. The first-order valence-corrected chi connectivity index (χ1v) is 13.5. The fourth-order valence-electron chi connectivity index (χ4n) is 4.56. The molecule has 3 aromatic rings. The van der Waals surface area contributed by atoms with Crippen LogP contribution >= 0.6 is 12.2 Å². The fourth-order valence-corrected chi connectivity index (χ4v) is 4.77. The minimum atomic E-state index is -0.504. The minimum Gasteiger partial charge on any atom is -0.450 e.